The second-order valence-electron chi connectivity index (χ2n) is 14.1. The van der Waals surface area contributed by atoms with Gasteiger partial charge in [0, 0.05) is 6.54 Å². The zero-order valence-electron chi connectivity index (χ0n) is 24.5. The van der Waals surface area contributed by atoms with E-state index in [1.165, 1.54) is 77.0 Å². The number of nitrogens with one attached hydrogen (secondary N) is 1. The van der Waals surface area contributed by atoms with E-state index in [9.17, 15) is 4.79 Å². The van der Waals surface area contributed by atoms with Gasteiger partial charge in [0.1, 0.15) is 6.61 Å². The number of hydrogen-bond acceptors (Lipinski definition) is 3. The molecule has 208 valence electrons. The fraction of sp³-hybridized carbons (Fsp3) is 0.969. The van der Waals surface area contributed by atoms with Gasteiger partial charge < -0.3 is 14.8 Å². The summed E-state index contributed by atoms with van der Waals surface area (Å²) >= 11 is 0. The second-order valence-corrected chi connectivity index (χ2v) is 14.1. The van der Waals surface area contributed by atoms with E-state index in [1.807, 2.05) is 6.92 Å². The van der Waals surface area contributed by atoms with Crippen LogP contribution in [0.25, 0.3) is 0 Å². The first-order valence-corrected chi connectivity index (χ1v) is 15.7. The van der Waals surface area contributed by atoms with Gasteiger partial charge in [0.15, 0.2) is 0 Å². The van der Waals surface area contributed by atoms with Crippen LogP contribution in [0.1, 0.15) is 119 Å². The summed E-state index contributed by atoms with van der Waals surface area (Å²) in [5.41, 5.74) is 1.09. The quantitative estimate of drug-likeness (QED) is 0.305. The highest BCUT2D eigenvalue weighted by molar-refractivity contribution is 5.66. The molecule has 0 heterocycles. The van der Waals surface area contributed by atoms with E-state index in [0.29, 0.717) is 36.7 Å². The highest BCUT2D eigenvalue weighted by Gasteiger charge is 2.60. The first kappa shape index (κ1) is 28.2. The van der Waals surface area contributed by atoms with Gasteiger partial charge in [-0.1, -0.05) is 53.9 Å². The summed E-state index contributed by atoms with van der Waals surface area (Å²) in [5.74, 6) is 6.34. The molecule has 4 fully saturated rings. The maximum Gasteiger partial charge on any atom is 0.407 e. The average molecular weight is 504 g/mol. The van der Waals surface area contributed by atoms with Crippen molar-refractivity contribution in [3.05, 3.63) is 0 Å². The smallest absolute Gasteiger partial charge is 0.407 e. The van der Waals surface area contributed by atoms with Gasteiger partial charge in [0.2, 0.25) is 0 Å². The van der Waals surface area contributed by atoms with Crippen molar-refractivity contribution >= 4 is 6.09 Å². The van der Waals surface area contributed by atoms with Crippen LogP contribution in [-0.2, 0) is 9.47 Å². The third-order valence-corrected chi connectivity index (χ3v) is 11.8. The van der Waals surface area contributed by atoms with E-state index in [1.54, 1.807) is 0 Å². The third-order valence-electron chi connectivity index (χ3n) is 11.8. The summed E-state index contributed by atoms with van der Waals surface area (Å²) in [6, 6.07) is 0. The van der Waals surface area contributed by atoms with Crippen molar-refractivity contribution < 1.29 is 14.3 Å². The Morgan fingerprint density at radius 1 is 0.917 bits per heavy atom. The van der Waals surface area contributed by atoms with Crippen LogP contribution in [0.2, 0.25) is 0 Å². The average Bonchev–Trinajstić information content (AvgIpc) is 3.19. The van der Waals surface area contributed by atoms with Crippen LogP contribution in [0.5, 0.6) is 0 Å². The summed E-state index contributed by atoms with van der Waals surface area (Å²) in [5, 5.41) is 2.68. The van der Waals surface area contributed by atoms with Gasteiger partial charge in [-0.25, -0.2) is 4.79 Å². The largest absolute Gasteiger partial charge is 0.447 e. The van der Waals surface area contributed by atoms with Crippen LogP contribution in [0, 0.1) is 52.3 Å². The number of hydrogen-bond donors (Lipinski definition) is 1. The van der Waals surface area contributed by atoms with E-state index in [2.05, 4.69) is 39.9 Å². The first-order chi connectivity index (χ1) is 17.2. The molecular weight excluding hydrogens is 446 g/mol. The number of amides is 1. The predicted octanol–water partition coefficient (Wildman–Crippen LogP) is 8.24. The molecule has 9 atom stereocenters. The van der Waals surface area contributed by atoms with Gasteiger partial charge >= 0.3 is 6.09 Å². The molecule has 4 nitrogen and oxygen atoms in total. The summed E-state index contributed by atoms with van der Waals surface area (Å²) < 4.78 is 11.4. The lowest BCUT2D eigenvalue weighted by atomic mass is 9.44. The van der Waals surface area contributed by atoms with Crippen molar-refractivity contribution in [3.63, 3.8) is 0 Å². The van der Waals surface area contributed by atoms with Crippen LogP contribution in [0.4, 0.5) is 4.79 Å². The van der Waals surface area contributed by atoms with Gasteiger partial charge in [-0.2, -0.15) is 0 Å². The van der Waals surface area contributed by atoms with Crippen molar-refractivity contribution in [2.24, 2.45) is 52.3 Å². The molecule has 4 aliphatic carbocycles. The molecule has 4 saturated carbocycles. The van der Waals surface area contributed by atoms with Gasteiger partial charge in [0.25, 0.3) is 0 Å². The minimum atomic E-state index is -0.334. The van der Waals surface area contributed by atoms with Gasteiger partial charge in [-0.15, -0.1) is 0 Å². The van der Waals surface area contributed by atoms with E-state index >= 15 is 0 Å². The summed E-state index contributed by atoms with van der Waals surface area (Å²) in [4.78, 5) is 11.5. The Hall–Kier alpha value is -0.770. The minimum Gasteiger partial charge on any atom is -0.447 e. The molecule has 4 aliphatic rings. The van der Waals surface area contributed by atoms with Crippen LogP contribution < -0.4 is 5.32 Å². The Labute approximate surface area is 222 Å². The first-order valence-electron chi connectivity index (χ1n) is 15.7. The second kappa shape index (κ2) is 12.0. The topological polar surface area (TPSA) is 47.6 Å². The molecule has 4 rings (SSSR count). The highest BCUT2D eigenvalue weighted by atomic mass is 16.6. The number of carbonyl (C=O) groups is 1. The molecule has 4 heteroatoms. The molecule has 0 spiro atoms. The van der Waals surface area contributed by atoms with Crippen LogP contribution >= 0.6 is 0 Å². The monoisotopic (exact) mass is 503 g/mol. The van der Waals surface area contributed by atoms with Crippen molar-refractivity contribution in [2.75, 3.05) is 19.8 Å². The lowest BCUT2D eigenvalue weighted by Crippen LogP contribution is -2.54. The normalized spacial score (nSPS) is 40.8. The Kier molecular flexibility index (Phi) is 9.38. The van der Waals surface area contributed by atoms with Gasteiger partial charge in [-0.3, -0.25) is 0 Å². The zero-order chi connectivity index (χ0) is 25.9. The number of fused-ring (bicyclic) bond motifs is 5. The molecule has 0 unspecified atom stereocenters. The molecule has 36 heavy (non-hydrogen) atoms. The number of alkyl carbamates (subject to hydrolysis) is 1. The fourth-order valence-electron chi connectivity index (χ4n) is 9.94. The lowest BCUT2D eigenvalue weighted by molar-refractivity contribution is -0.138. The SMILES string of the molecule is CCNC(=O)OCCO[C@@H]1CC[C@@]2(C)[C@@H](CC[C@@H]3[C@@H]2CC[C@]2(C)[C@@H]([C@@H](C)CCCC(C)C)CC[C@@H]32)C1. The Balaban J connectivity index is 1.31. The molecule has 0 aromatic heterocycles. The van der Waals surface area contributed by atoms with Crippen molar-refractivity contribution in [1.29, 1.82) is 0 Å². The molecule has 0 radical (unpaired) electrons. The molecule has 1 N–H and O–H groups in total. The van der Waals surface area contributed by atoms with Crippen molar-refractivity contribution in [2.45, 2.75) is 125 Å². The summed E-state index contributed by atoms with van der Waals surface area (Å²) in [6.45, 7) is 16.1. The molecule has 0 bridgehead atoms. The van der Waals surface area contributed by atoms with Crippen LogP contribution in [0.3, 0.4) is 0 Å². The Bertz CT molecular complexity index is 724. The standard InChI is InChI=1S/C32H57NO3/c1-7-33-30(34)36-20-19-35-25-15-17-31(5)24(21-25)11-12-26-28-14-13-27(23(4)10-8-9-22(2)3)32(28,6)18-16-29(26)31/h22-29H,7-21H2,1-6H3,(H,33,34)/t23-,24-,25+,26-,27+,28-,29-,31-,32+/m0/s1. The number of carbonyl (C=O) groups excluding carboxylic acids is 1. The van der Waals surface area contributed by atoms with Gasteiger partial charge in [0.05, 0.1) is 12.7 Å². The molecule has 0 aromatic rings. The van der Waals surface area contributed by atoms with E-state index < -0.39 is 0 Å². The van der Waals surface area contributed by atoms with Gasteiger partial charge in [-0.05, 0) is 117 Å². The zero-order valence-corrected chi connectivity index (χ0v) is 24.5. The third kappa shape index (κ3) is 5.79. The Morgan fingerprint density at radius 2 is 1.67 bits per heavy atom. The number of rotatable bonds is 10. The maximum atomic E-state index is 11.5. The summed E-state index contributed by atoms with van der Waals surface area (Å²) in [6.07, 6.45) is 16.7. The molecule has 1 amide bonds. The fourth-order valence-corrected chi connectivity index (χ4v) is 9.94. The van der Waals surface area contributed by atoms with Crippen LogP contribution in [0.15, 0.2) is 0 Å². The molecule has 0 aromatic carbocycles. The van der Waals surface area contributed by atoms with E-state index in [4.69, 9.17) is 9.47 Å². The molecular formula is C32H57NO3. The van der Waals surface area contributed by atoms with E-state index in [-0.39, 0.29) is 6.09 Å². The predicted molar refractivity (Wildman–Crippen MR) is 148 cm³/mol. The number of ether oxygens (including phenoxy) is 2. The molecule has 0 aliphatic heterocycles. The maximum absolute atomic E-state index is 11.5. The Morgan fingerprint density at radius 3 is 2.42 bits per heavy atom. The van der Waals surface area contributed by atoms with E-state index in [0.717, 1.165) is 41.4 Å². The minimum absolute atomic E-state index is 0.334. The van der Waals surface area contributed by atoms with Crippen LogP contribution in [-0.4, -0.2) is 32.0 Å². The summed E-state index contributed by atoms with van der Waals surface area (Å²) in [7, 11) is 0. The molecule has 0 saturated heterocycles. The van der Waals surface area contributed by atoms with Crippen molar-refractivity contribution in [1.82, 2.24) is 5.32 Å². The highest BCUT2D eigenvalue weighted by Crippen LogP contribution is 2.68. The van der Waals surface area contributed by atoms with Crippen molar-refractivity contribution in [3.8, 4) is 0 Å². The lowest BCUT2D eigenvalue weighted by Gasteiger charge is -2.61.